The highest BCUT2D eigenvalue weighted by Crippen LogP contribution is 2.57. The maximum absolute atomic E-state index is 12.5. The van der Waals surface area contributed by atoms with Gasteiger partial charge in [-0.1, -0.05) is 12.2 Å². The fraction of sp³-hybridized carbons (Fsp3) is 0.769. The van der Waals surface area contributed by atoms with Crippen molar-refractivity contribution in [3.05, 3.63) is 12.2 Å². The molecule has 0 aromatic rings. The second-order valence-electron chi connectivity index (χ2n) is 6.23. The molecule has 0 amide bonds. The first-order valence-electron chi connectivity index (χ1n) is 5.52. The van der Waals surface area contributed by atoms with E-state index in [0.29, 0.717) is 0 Å². The van der Waals surface area contributed by atoms with E-state index in [0.717, 1.165) is 0 Å². The Balaban J connectivity index is 2.64. The Morgan fingerprint density at radius 3 is 1.53 bits per heavy atom. The summed E-state index contributed by atoms with van der Waals surface area (Å²) in [4.78, 5) is 12.5. The highest BCUT2D eigenvalue weighted by atomic mass is 16.5. The number of fused-ring (bicyclic) bond motifs is 2. The minimum absolute atomic E-state index is 0.288. The van der Waals surface area contributed by atoms with Crippen LogP contribution in [0.5, 0.6) is 0 Å². The molecule has 2 heterocycles. The summed E-state index contributed by atoms with van der Waals surface area (Å²) in [6.45, 7) is 11.9. The molecule has 0 aromatic heterocycles. The Hall–Kier alpha value is -0.630. The molecule has 2 atom stereocenters. The van der Waals surface area contributed by atoms with Crippen LogP contribution in [0.15, 0.2) is 12.2 Å². The Labute approximate surface area is 91.7 Å². The topological polar surface area (TPSA) is 26.3 Å². The highest BCUT2D eigenvalue weighted by molar-refractivity contribution is 5.93. The van der Waals surface area contributed by atoms with Gasteiger partial charge in [-0.05, 0) is 41.5 Å². The average molecular weight is 208 g/mol. The molecular formula is C13H20O2. The molecule has 0 spiro atoms. The maximum Gasteiger partial charge on any atom is 0.150 e. The molecule has 2 aliphatic heterocycles. The van der Waals surface area contributed by atoms with Crippen LogP contribution in [0.25, 0.3) is 0 Å². The minimum atomic E-state index is -0.455. The number of ketones is 1. The zero-order valence-corrected chi connectivity index (χ0v) is 10.5. The maximum atomic E-state index is 12.5. The zero-order chi connectivity index (χ0) is 11.7. The van der Waals surface area contributed by atoms with Crippen molar-refractivity contribution in [2.75, 3.05) is 0 Å². The van der Waals surface area contributed by atoms with Crippen molar-refractivity contribution < 1.29 is 9.53 Å². The predicted octanol–water partition coefficient (Wildman–Crippen LogP) is 2.73. The van der Waals surface area contributed by atoms with E-state index < -0.39 is 22.0 Å². The molecule has 0 aromatic carbocycles. The van der Waals surface area contributed by atoms with E-state index in [1.165, 1.54) is 0 Å². The Bertz CT molecular complexity index is 333. The lowest BCUT2D eigenvalue weighted by Crippen LogP contribution is -2.64. The summed E-state index contributed by atoms with van der Waals surface area (Å²) in [5.74, 6) is 0.288. The Kier molecular flexibility index (Phi) is 1.72. The molecule has 1 saturated heterocycles. The van der Waals surface area contributed by atoms with E-state index in [-0.39, 0.29) is 5.78 Å². The number of ether oxygens (including phenoxy) is 1. The zero-order valence-electron chi connectivity index (χ0n) is 10.5. The monoisotopic (exact) mass is 208 g/mol. The van der Waals surface area contributed by atoms with Crippen LogP contribution in [0.4, 0.5) is 0 Å². The molecule has 0 aliphatic carbocycles. The Morgan fingerprint density at radius 1 is 0.867 bits per heavy atom. The number of Topliss-reactive ketones (excluding diaryl/α,β-unsaturated/α-hetero) is 1. The van der Waals surface area contributed by atoms with Crippen LogP contribution in [0.3, 0.4) is 0 Å². The molecule has 1 fully saturated rings. The van der Waals surface area contributed by atoms with Crippen molar-refractivity contribution >= 4 is 5.78 Å². The minimum Gasteiger partial charge on any atom is -0.359 e. The van der Waals surface area contributed by atoms with E-state index in [2.05, 4.69) is 12.2 Å². The summed E-state index contributed by atoms with van der Waals surface area (Å²) in [7, 11) is 0. The molecule has 84 valence electrons. The molecule has 2 heteroatoms. The molecule has 0 radical (unpaired) electrons. The summed E-state index contributed by atoms with van der Waals surface area (Å²) in [5, 5.41) is 0. The van der Waals surface area contributed by atoms with Crippen LogP contribution in [-0.4, -0.2) is 17.0 Å². The third kappa shape index (κ3) is 0.963. The number of carbonyl (C=O) groups is 1. The molecule has 2 bridgehead atoms. The SMILES string of the molecule is CC12C=CC(C)(O1)C(C)(C)C(=O)C2(C)C. The van der Waals surface area contributed by atoms with Gasteiger partial charge in [0.15, 0.2) is 0 Å². The summed E-state index contributed by atoms with van der Waals surface area (Å²) in [6, 6.07) is 0. The van der Waals surface area contributed by atoms with Gasteiger partial charge in [-0.15, -0.1) is 0 Å². The number of hydrogen-bond donors (Lipinski definition) is 0. The van der Waals surface area contributed by atoms with Gasteiger partial charge in [-0.3, -0.25) is 4.79 Å². The van der Waals surface area contributed by atoms with Crippen LogP contribution < -0.4 is 0 Å². The fourth-order valence-corrected chi connectivity index (χ4v) is 2.73. The van der Waals surface area contributed by atoms with Gasteiger partial charge in [0.2, 0.25) is 0 Å². The number of carbonyl (C=O) groups excluding carboxylic acids is 1. The van der Waals surface area contributed by atoms with E-state index in [1.54, 1.807) is 0 Å². The lowest BCUT2D eigenvalue weighted by molar-refractivity contribution is -0.215. The van der Waals surface area contributed by atoms with Crippen LogP contribution in [0, 0.1) is 10.8 Å². The molecule has 2 unspecified atom stereocenters. The average Bonchev–Trinajstić information content (AvgIpc) is 2.42. The van der Waals surface area contributed by atoms with Gasteiger partial charge < -0.3 is 4.74 Å². The van der Waals surface area contributed by atoms with Gasteiger partial charge in [0, 0.05) is 0 Å². The molecule has 2 aliphatic rings. The first-order chi connectivity index (χ1) is 6.57. The highest BCUT2D eigenvalue weighted by Gasteiger charge is 2.66. The van der Waals surface area contributed by atoms with Crippen molar-refractivity contribution in [2.24, 2.45) is 10.8 Å². The molecule has 2 rings (SSSR count). The second-order valence-corrected chi connectivity index (χ2v) is 6.23. The van der Waals surface area contributed by atoms with Crippen molar-refractivity contribution in [1.29, 1.82) is 0 Å². The molecule has 0 N–H and O–H groups in total. The first-order valence-corrected chi connectivity index (χ1v) is 5.52. The van der Waals surface area contributed by atoms with Gasteiger partial charge in [-0.2, -0.15) is 0 Å². The normalized spacial score (nSPS) is 45.9. The van der Waals surface area contributed by atoms with Gasteiger partial charge in [0.05, 0.1) is 22.0 Å². The summed E-state index contributed by atoms with van der Waals surface area (Å²) in [6.07, 6.45) is 4.11. The standard InChI is InChI=1S/C13H20O2/c1-10(2)9(14)11(3,4)13(6)8-7-12(10,5)15-13/h7-8H,1-6H3. The fourth-order valence-electron chi connectivity index (χ4n) is 2.73. The van der Waals surface area contributed by atoms with Crippen LogP contribution in [-0.2, 0) is 9.53 Å². The first kappa shape index (κ1) is 10.9. The van der Waals surface area contributed by atoms with E-state index in [4.69, 9.17) is 4.74 Å². The molecular weight excluding hydrogens is 188 g/mol. The largest absolute Gasteiger partial charge is 0.359 e. The van der Waals surface area contributed by atoms with Crippen molar-refractivity contribution in [1.82, 2.24) is 0 Å². The van der Waals surface area contributed by atoms with Crippen LogP contribution >= 0.6 is 0 Å². The number of hydrogen-bond acceptors (Lipinski definition) is 2. The van der Waals surface area contributed by atoms with Gasteiger partial charge in [0.1, 0.15) is 5.78 Å². The van der Waals surface area contributed by atoms with Gasteiger partial charge in [0.25, 0.3) is 0 Å². The van der Waals surface area contributed by atoms with Gasteiger partial charge >= 0.3 is 0 Å². The molecule has 2 nitrogen and oxygen atoms in total. The summed E-state index contributed by atoms with van der Waals surface area (Å²) in [5.41, 5.74) is -1.81. The van der Waals surface area contributed by atoms with Crippen molar-refractivity contribution in [3.63, 3.8) is 0 Å². The lowest BCUT2D eigenvalue weighted by atomic mass is 9.60. The molecule has 0 saturated carbocycles. The number of rotatable bonds is 0. The summed E-state index contributed by atoms with van der Waals surface area (Å²) >= 11 is 0. The van der Waals surface area contributed by atoms with E-state index >= 15 is 0 Å². The van der Waals surface area contributed by atoms with E-state index in [9.17, 15) is 4.79 Å². The quantitative estimate of drug-likeness (QED) is 0.572. The van der Waals surface area contributed by atoms with Crippen LogP contribution in [0.1, 0.15) is 41.5 Å². The van der Waals surface area contributed by atoms with Gasteiger partial charge in [-0.25, -0.2) is 0 Å². The smallest absolute Gasteiger partial charge is 0.150 e. The lowest BCUT2D eigenvalue weighted by Gasteiger charge is -2.54. The Morgan fingerprint density at radius 2 is 1.20 bits per heavy atom. The second kappa shape index (κ2) is 2.37. The third-order valence-corrected chi connectivity index (χ3v) is 4.76. The molecule has 15 heavy (non-hydrogen) atoms. The summed E-state index contributed by atoms with van der Waals surface area (Å²) < 4.78 is 6.14. The predicted molar refractivity (Wildman–Crippen MR) is 59.6 cm³/mol. The third-order valence-electron chi connectivity index (χ3n) is 4.76. The van der Waals surface area contributed by atoms with Crippen molar-refractivity contribution in [2.45, 2.75) is 52.7 Å². The van der Waals surface area contributed by atoms with Crippen molar-refractivity contribution in [3.8, 4) is 0 Å². The van der Waals surface area contributed by atoms with Crippen LogP contribution in [0.2, 0.25) is 0 Å². The van der Waals surface area contributed by atoms with E-state index in [1.807, 2.05) is 41.5 Å².